The lowest BCUT2D eigenvalue weighted by atomic mass is 10.1. The standard InChI is InChI=1S/C20H24N2O2/c1-3-20(24)22(15-17-8-6-5-7-9-17)18-12-10-16(11-13-18)14-19(23)21-4-2/h5-13H,3-4,14-15H2,1-2H3,(H,21,23). The first-order valence-corrected chi connectivity index (χ1v) is 8.34. The fourth-order valence-electron chi connectivity index (χ4n) is 2.52. The number of nitrogens with zero attached hydrogens (tertiary/aromatic N) is 1. The van der Waals surface area contributed by atoms with Crippen LogP contribution in [0.15, 0.2) is 54.6 Å². The molecule has 0 bridgehead atoms. The average Bonchev–Trinajstić information content (AvgIpc) is 2.61. The van der Waals surface area contributed by atoms with E-state index in [4.69, 9.17) is 0 Å². The number of nitrogens with one attached hydrogen (secondary N) is 1. The molecule has 4 heteroatoms. The summed E-state index contributed by atoms with van der Waals surface area (Å²) in [5.74, 6) is 0.0892. The molecule has 0 aliphatic rings. The van der Waals surface area contributed by atoms with E-state index in [9.17, 15) is 9.59 Å². The van der Waals surface area contributed by atoms with Crippen LogP contribution in [0.1, 0.15) is 31.4 Å². The zero-order valence-electron chi connectivity index (χ0n) is 14.3. The van der Waals surface area contributed by atoms with Crippen LogP contribution in [0.2, 0.25) is 0 Å². The molecule has 126 valence electrons. The van der Waals surface area contributed by atoms with E-state index in [1.165, 1.54) is 0 Å². The van der Waals surface area contributed by atoms with Gasteiger partial charge in [0.1, 0.15) is 0 Å². The van der Waals surface area contributed by atoms with Crippen molar-refractivity contribution < 1.29 is 9.59 Å². The molecule has 4 nitrogen and oxygen atoms in total. The molecule has 0 saturated carbocycles. The minimum Gasteiger partial charge on any atom is -0.356 e. The van der Waals surface area contributed by atoms with Crippen molar-refractivity contribution in [1.82, 2.24) is 5.32 Å². The quantitative estimate of drug-likeness (QED) is 0.849. The molecule has 0 radical (unpaired) electrons. The summed E-state index contributed by atoms with van der Waals surface area (Å²) >= 11 is 0. The summed E-state index contributed by atoms with van der Waals surface area (Å²) in [5, 5.41) is 2.79. The number of anilines is 1. The number of carbonyl (C=O) groups excluding carboxylic acids is 2. The Balaban J connectivity index is 2.14. The van der Waals surface area contributed by atoms with Gasteiger partial charge in [-0.3, -0.25) is 9.59 Å². The van der Waals surface area contributed by atoms with Crippen LogP contribution >= 0.6 is 0 Å². The zero-order valence-corrected chi connectivity index (χ0v) is 14.3. The predicted octanol–water partition coefficient (Wildman–Crippen LogP) is 3.31. The Morgan fingerprint density at radius 1 is 0.917 bits per heavy atom. The SMILES string of the molecule is CCNC(=O)Cc1ccc(N(Cc2ccccc2)C(=O)CC)cc1. The molecule has 2 amide bonds. The first kappa shape index (κ1) is 17.7. The van der Waals surface area contributed by atoms with Crippen molar-refractivity contribution in [3.8, 4) is 0 Å². The maximum Gasteiger partial charge on any atom is 0.227 e. The molecule has 1 N–H and O–H groups in total. The van der Waals surface area contributed by atoms with E-state index in [-0.39, 0.29) is 11.8 Å². The number of hydrogen-bond donors (Lipinski definition) is 1. The monoisotopic (exact) mass is 324 g/mol. The second kappa shape index (κ2) is 8.87. The number of hydrogen-bond acceptors (Lipinski definition) is 2. The van der Waals surface area contributed by atoms with E-state index in [1.807, 2.05) is 68.4 Å². The molecular formula is C20H24N2O2. The summed E-state index contributed by atoms with van der Waals surface area (Å²) in [7, 11) is 0. The van der Waals surface area contributed by atoms with Crippen molar-refractivity contribution >= 4 is 17.5 Å². The lowest BCUT2D eigenvalue weighted by Crippen LogP contribution is -2.29. The number of benzene rings is 2. The van der Waals surface area contributed by atoms with Crippen LogP contribution < -0.4 is 10.2 Å². The van der Waals surface area contributed by atoms with E-state index >= 15 is 0 Å². The van der Waals surface area contributed by atoms with E-state index in [1.54, 1.807) is 4.90 Å². The van der Waals surface area contributed by atoms with Crippen LogP contribution in [0, 0.1) is 0 Å². The maximum atomic E-state index is 12.3. The van der Waals surface area contributed by atoms with Gasteiger partial charge in [0.2, 0.25) is 11.8 Å². The summed E-state index contributed by atoms with van der Waals surface area (Å²) in [6.45, 7) is 4.94. The van der Waals surface area contributed by atoms with Gasteiger partial charge in [-0.05, 0) is 30.2 Å². The molecule has 24 heavy (non-hydrogen) atoms. The van der Waals surface area contributed by atoms with Gasteiger partial charge in [-0.2, -0.15) is 0 Å². The van der Waals surface area contributed by atoms with Gasteiger partial charge < -0.3 is 10.2 Å². The molecule has 0 fully saturated rings. The molecule has 0 heterocycles. The molecular weight excluding hydrogens is 300 g/mol. The maximum absolute atomic E-state index is 12.3. The van der Waals surface area contributed by atoms with Crippen LogP contribution in [0.5, 0.6) is 0 Å². The lowest BCUT2D eigenvalue weighted by Gasteiger charge is -2.23. The number of amides is 2. The van der Waals surface area contributed by atoms with Crippen LogP contribution in [0.3, 0.4) is 0 Å². The van der Waals surface area contributed by atoms with Crippen molar-refractivity contribution in [2.45, 2.75) is 33.2 Å². The Bertz CT molecular complexity index is 666. The van der Waals surface area contributed by atoms with Crippen LogP contribution in [-0.4, -0.2) is 18.4 Å². The smallest absolute Gasteiger partial charge is 0.227 e. The first-order valence-electron chi connectivity index (χ1n) is 8.34. The molecule has 0 aromatic heterocycles. The summed E-state index contributed by atoms with van der Waals surface area (Å²) in [4.78, 5) is 25.8. The third-order valence-electron chi connectivity index (χ3n) is 3.77. The lowest BCUT2D eigenvalue weighted by molar-refractivity contribution is -0.120. The topological polar surface area (TPSA) is 49.4 Å². The Morgan fingerprint density at radius 2 is 1.58 bits per heavy atom. The number of rotatable bonds is 7. The zero-order chi connectivity index (χ0) is 17.4. The Morgan fingerprint density at radius 3 is 2.17 bits per heavy atom. The molecule has 2 aromatic rings. The molecule has 0 saturated heterocycles. The normalized spacial score (nSPS) is 10.2. The van der Waals surface area contributed by atoms with Crippen molar-refractivity contribution in [3.05, 3.63) is 65.7 Å². The highest BCUT2D eigenvalue weighted by molar-refractivity contribution is 5.93. The molecule has 0 spiro atoms. The van der Waals surface area contributed by atoms with Crippen molar-refractivity contribution in [1.29, 1.82) is 0 Å². The first-order chi connectivity index (χ1) is 11.6. The summed E-state index contributed by atoms with van der Waals surface area (Å²) in [6, 6.07) is 17.6. The van der Waals surface area contributed by atoms with E-state index < -0.39 is 0 Å². The van der Waals surface area contributed by atoms with Crippen molar-refractivity contribution in [2.75, 3.05) is 11.4 Å². The molecule has 2 rings (SSSR count). The van der Waals surface area contributed by atoms with Crippen molar-refractivity contribution in [2.24, 2.45) is 0 Å². The summed E-state index contributed by atoms with van der Waals surface area (Å²) in [5.41, 5.74) is 2.88. The summed E-state index contributed by atoms with van der Waals surface area (Å²) < 4.78 is 0. The Hall–Kier alpha value is -2.62. The molecule has 0 aliphatic carbocycles. The minimum absolute atomic E-state index is 0.0102. The fourth-order valence-corrected chi connectivity index (χ4v) is 2.52. The van der Waals surface area contributed by atoms with Gasteiger partial charge in [0.05, 0.1) is 13.0 Å². The number of carbonyl (C=O) groups is 2. The highest BCUT2D eigenvalue weighted by Gasteiger charge is 2.14. The second-order valence-corrected chi connectivity index (χ2v) is 5.62. The van der Waals surface area contributed by atoms with Gasteiger partial charge in [-0.1, -0.05) is 49.4 Å². The Labute approximate surface area is 143 Å². The van der Waals surface area contributed by atoms with Crippen LogP contribution in [0.4, 0.5) is 5.69 Å². The number of likely N-dealkylation sites (N-methyl/N-ethyl adjacent to an activating group) is 1. The predicted molar refractivity (Wildman–Crippen MR) is 96.8 cm³/mol. The minimum atomic E-state index is 0.0102. The van der Waals surface area contributed by atoms with Gasteiger partial charge >= 0.3 is 0 Å². The van der Waals surface area contributed by atoms with Crippen LogP contribution in [-0.2, 0) is 22.6 Å². The van der Waals surface area contributed by atoms with Gasteiger partial charge in [0.25, 0.3) is 0 Å². The highest BCUT2D eigenvalue weighted by Crippen LogP contribution is 2.19. The summed E-state index contributed by atoms with van der Waals surface area (Å²) in [6.07, 6.45) is 0.808. The third-order valence-corrected chi connectivity index (χ3v) is 3.77. The molecule has 0 aliphatic heterocycles. The molecule has 0 unspecified atom stereocenters. The van der Waals surface area contributed by atoms with E-state index in [0.29, 0.717) is 25.9 Å². The fraction of sp³-hybridized carbons (Fsp3) is 0.300. The second-order valence-electron chi connectivity index (χ2n) is 5.62. The highest BCUT2D eigenvalue weighted by atomic mass is 16.2. The van der Waals surface area contributed by atoms with Gasteiger partial charge in [-0.15, -0.1) is 0 Å². The molecule has 0 atom stereocenters. The van der Waals surface area contributed by atoms with E-state index in [2.05, 4.69) is 5.32 Å². The van der Waals surface area contributed by atoms with Gasteiger partial charge in [-0.25, -0.2) is 0 Å². The average molecular weight is 324 g/mol. The van der Waals surface area contributed by atoms with E-state index in [0.717, 1.165) is 16.8 Å². The van der Waals surface area contributed by atoms with Crippen molar-refractivity contribution in [3.63, 3.8) is 0 Å². The molecule has 2 aromatic carbocycles. The largest absolute Gasteiger partial charge is 0.356 e. The van der Waals surface area contributed by atoms with Gasteiger partial charge in [0.15, 0.2) is 0 Å². The van der Waals surface area contributed by atoms with Gasteiger partial charge in [0, 0.05) is 18.7 Å². The Kier molecular flexibility index (Phi) is 6.55. The van der Waals surface area contributed by atoms with Crippen LogP contribution in [0.25, 0.3) is 0 Å². The third kappa shape index (κ3) is 4.95.